The van der Waals surface area contributed by atoms with Crippen LogP contribution < -0.4 is 10.6 Å². The van der Waals surface area contributed by atoms with E-state index in [4.69, 9.17) is 0 Å². The number of nitrogens with one attached hydrogen (secondary N) is 2. The monoisotopic (exact) mass is 282 g/mol. The van der Waals surface area contributed by atoms with Gasteiger partial charge in [-0.15, -0.1) is 0 Å². The highest BCUT2D eigenvalue weighted by atomic mass is 16.1. The van der Waals surface area contributed by atoms with Crippen LogP contribution in [0.2, 0.25) is 0 Å². The molecule has 0 atom stereocenters. The molecular weight excluding hydrogens is 264 g/mol. The summed E-state index contributed by atoms with van der Waals surface area (Å²) in [5.74, 6) is 0.485. The molecule has 2 aromatic rings. The molecule has 1 aliphatic carbocycles. The molecule has 5 heteroatoms. The lowest BCUT2D eigenvalue weighted by molar-refractivity contribution is 0.102. The molecule has 21 heavy (non-hydrogen) atoms. The van der Waals surface area contributed by atoms with E-state index >= 15 is 0 Å². The number of amides is 1. The number of anilines is 2. The van der Waals surface area contributed by atoms with Crippen molar-refractivity contribution in [2.45, 2.75) is 32.7 Å². The van der Waals surface area contributed by atoms with E-state index < -0.39 is 0 Å². The Kier molecular flexibility index (Phi) is 3.56. The van der Waals surface area contributed by atoms with Crippen LogP contribution >= 0.6 is 0 Å². The van der Waals surface area contributed by atoms with Gasteiger partial charge < -0.3 is 10.6 Å². The van der Waals surface area contributed by atoms with Crippen LogP contribution in [0, 0.1) is 13.8 Å². The van der Waals surface area contributed by atoms with Crippen molar-refractivity contribution in [2.75, 3.05) is 10.6 Å². The predicted octanol–water partition coefficient (Wildman–Crippen LogP) is 2.92. The minimum Gasteiger partial charge on any atom is -0.366 e. The summed E-state index contributed by atoms with van der Waals surface area (Å²) in [6, 6.07) is 6.43. The summed E-state index contributed by atoms with van der Waals surface area (Å²) in [4.78, 5) is 20.6. The minimum atomic E-state index is -0.238. The molecule has 0 unspecified atom stereocenters. The van der Waals surface area contributed by atoms with E-state index in [1.165, 1.54) is 19.0 Å². The maximum Gasteiger partial charge on any atom is 0.275 e. The van der Waals surface area contributed by atoms with Gasteiger partial charge >= 0.3 is 0 Å². The second-order valence-electron chi connectivity index (χ2n) is 5.43. The standard InChI is InChI=1S/C16H18N4O/c1-10-4-3-5-11(2)15(10)20-16(21)13-8-18-14(9-17-13)19-12-6-7-12/h3-5,8-9,12H,6-7H2,1-2H3,(H,18,19)(H,20,21). The van der Waals surface area contributed by atoms with Crippen LogP contribution in [-0.4, -0.2) is 21.9 Å². The Balaban J connectivity index is 1.72. The maximum absolute atomic E-state index is 12.2. The van der Waals surface area contributed by atoms with E-state index in [-0.39, 0.29) is 5.91 Å². The first-order chi connectivity index (χ1) is 10.1. The SMILES string of the molecule is Cc1cccc(C)c1NC(=O)c1cnc(NC2CC2)cn1. The number of para-hydroxylation sites is 1. The topological polar surface area (TPSA) is 66.9 Å². The van der Waals surface area contributed by atoms with Crippen LogP contribution in [0.4, 0.5) is 11.5 Å². The highest BCUT2D eigenvalue weighted by Gasteiger charge is 2.21. The summed E-state index contributed by atoms with van der Waals surface area (Å²) >= 11 is 0. The van der Waals surface area contributed by atoms with Crippen LogP contribution in [0.3, 0.4) is 0 Å². The zero-order valence-corrected chi connectivity index (χ0v) is 12.2. The van der Waals surface area contributed by atoms with E-state index in [0.717, 1.165) is 22.6 Å². The molecule has 0 spiro atoms. The average Bonchev–Trinajstić information content (AvgIpc) is 3.28. The Morgan fingerprint density at radius 3 is 2.43 bits per heavy atom. The van der Waals surface area contributed by atoms with E-state index in [0.29, 0.717) is 11.7 Å². The number of benzene rings is 1. The van der Waals surface area contributed by atoms with Crippen LogP contribution in [0.25, 0.3) is 0 Å². The van der Waals surface area contributed by atoms with Crippen molar-refractivity contribution < 1.29 is 4.79 Å². The number of hydrogen-bond donors (Lipinski definition) is 2. The summed E-state index contributed by atoms with van der Waals surface area (Å²) in [5, 5.41) is 6.15. The largest absolute Gasteiger partial charge is 0.366 e. The van der Waals surface area contributed by atoms with Gasteiger partial charge in [0.05, 0.1) is 12.4 Å². The predicted molar refractivity (Wildman–Crippen MR) is 82.5 cm³/mol. The molecule has 3 rings (SSSR count). The Bertz CT molecular complexity index is 642. The van der Waals surface area contributed by atoms with Crippen molar-refractivity contribution in [3.8, 4) is 0 Å². The van der Waals surface area contributed by atoms with Gasteiger partial charge in [0, 0.05) is 11.7 Å². The Morgan fingerprint density at radius 1 is 1.14 bits per heavy atom. The fourth-order valence-electron chi connectivity index (χ4n) is 2.15. The molecule has 1 aromatic carbocycles. The third-order valence-electron chi connectivity index (χ3n) is 3.53. The summed E-state index contributed by atoms with van der Waals surface area (Å²) in [7, 11) is 0. The van der Waals surface area contributed by atoms with Crippen molar-refractivity contribution in [1.82, 2.24) is 9.97 Å². The van der Waals surface area contributed by atoms with E-state index in [1.807, 2.05) is 32.0 Å². The molecule has 0 aliphatic heterocycles. The molecule has 1 amide bonds. The third kappa shape index (κ3) is 3.18. The molecule has 1 aliphatic rings. The number of carbonyl (C=O) groups excluding carboxylic acids is 1. The van der Waals surface area contributed by atoms with Gasteiger partial charge in [-0.1, -0.05) is 18.2 Å². The smallest absolute Gasteiger partial charge is 0.275 e. The molecule has 1 saturated carbocycles. The molecule has 0 saturated heterocycles. The minimum absolute atomic E-state index is 0.238. The van der Waals surface area contributed by atoms with Gasteiger partial charge in [-0.25, -0.2) is 9.97 Å². The first-order valence-corrected chi connectivity index (χ1v) is 7.09. The molecule has 2 N–H and O–H groups in total. The second-order valence-corrected chi connectivity index (χ2v) is 5.43. The summed E-state index contributed by atoms with van der Waals surface area (Å²) < 4.78 is 0. The summed E-state index contributed by atoms with van der Waals surface area (Å²) in [6.45, 7) is 3.94. The normalized spacial score (nSPS) is 13.8. The highest BCUT2D eigenvalue weighted by molar-refractivity contribution is 6.03. The van der Waals surface area contributed by atoms with Crippen molar-refractivity contribution >= 4 is 17.4 Å². The molecule has 1 heterocycles. The first-order valence-electron chi connectivity index (χ1n) is 7.09. The lowest BCUT2D eigenvalue weighted by Gasteiger charge is -2.11. The van der Waals surface area contributed by atoms with E-state index in [1.54, 1.807) is 6.20 Å². The molecule has 108 valence electrons. The lowest BCUT2D eigenvalue weighted by atomic mass is 10.1. The molecule has 5 nitrogen and oxygen atoms in total. The Labute approximate surface area is 123 Å². The summed E-state index contributed by atoms with van der Waals surface area (Å²) in [5.41, 5.74) is 3.22. The molecule has 1 fully saturated rings. The Hall–Kier alpha value is -2.43. The number of aromatic nitrogens is 2. The van der Waals surface area contributed by atoms with Crippen LogP contribution in [0.5, 0.6) is 0 Å². The van der Waals surface area contributed by atoms with Gasteiger partial charge in [0.25, 0.3) is 5.91 Å². The van der Waals surface area contributed by atoms with Crippen molar-refractivity contribution in [3.63, 3.8) is 0 Å². The Morgan fingerprint density at radius 2 is 1.86 bits per heavy atom. The van der Waals surface area contributed by atoms with Crippen LogP contribution in [-0.2, 0) is 0 Å². The lowest BCUT2D eigenvalue weighted by Crippen LogP contribution is -2.16. The average molecular weight is 282 g/mol. The van der Waals surface area contributed by atoms with Gasteiger partial charge in [0.1, 0.15) is 11.5 Å². The summed E-state index contributed by atoms with van der Waals surface area (Å²) in [6.07, 6.45) is 5.47. The number of carbonyl (C=O) groups is 1. The van der Waals surface area contributed by atoms with Crippen LogP contribution in [0.1, 0.15) is 34.5 Å². The number of rotatable bonds is 4. The van der Waals surface area contributed by atoms with Gasteiger partial charge in [-0.2, -0.15) is 0 Å². The van der Waals surface area contributed by atoms with Gasteiger partial charge in [-0.05, 0) is 37.8 Å². The van der Waals surface area contributed by atoms with Crippen molar-refractivity contribution in [2.24, 2.45) is 0 Å². The van der Waals surface area contributed by atoms with Gasteiger partial charge in [-0.3, -0.25) is 4.79 Å². The molecule has 0 radical (unpaired) electrons. The maximum atomic E-state index is 12.2. The molecular formula is C16H18N4O. The fraction of sp³-hybridized carbons (Fsp3) is 0.312. The molecule has 1 aromatic heterocycles. The van der Waals surface area contributed by atoms with Gasteiger partial charge in [0.15, 0.2) is 0 Å². The zero-order chi connectivity index (χ0) is 14.8. The number of hydrogen-bond acceptors (Lipinski definition) is 4. The number of aryl methyl sites for hydroxylation is 2. The number of nitrogens with zero attached hydrogens (tertiary/aromatic N) is 2. The van der Waals surface area contributed by atoms with E-state index in [2.05, 4.69) is 20.6 Å². The second kappa shape index (κ2) is 5.52. The zero-order valence-electron chi connectivity index (χ0n) is 12.2. The van der Waals surface area contributed by atoms with E-state index in [9.17, 15) is 4.79 Å². The highest BCUT2D eigenvalue weighted by Crippen LogP contribution is 2.23. The van der Waals surface area contributed by atoms with Crippen molar-refractivity contribution in [3.05, 3.63) is 47.4 Å². The van der Waals surface area contributed by atoms with Gasteiger partial charge in [0.2, 0.25) is 0 Å². The third-order valence-corrected chi connectivity index (χ3v) is 3.53. The first kappa shape index (κ1) is 13.5. The van der Waals surface area contributed by atoms with Crippen LogP contribution in [0.15, 0.2) is 30.6 Å². The fourth-order valence-corrected chi connectivity index (χ4v) is 2.15. The quantitative estimate of drug-likeness (QED) is 0.904. The molecule has 0 bridgehead atoms. The van der Waals surface area contributed by atoms with Crippen molar-refractivity contribution in [1.29, 1.82) is 0 Å².